The Morgan fingerprint density at radius 2 is 2.00 bits per heavy atom. The van der Waals surface area contributed by atoms with E-state index < -0.39 is 5.60 Å². The fourth-order valence-electron chi connectivity index (χ4n) is 1.53. The third kappa shape index (κ3) is 2.46. The van der Waals surface area contributed by atoms with Crippen LogP contribution < -0.4 is 15.4 Å². The predicted octanol–water partition coefficient (Wildman–Crippen LogP) is 2.22. The zero-order valence-corrected chi connectivity index (χ0v) is 10.2. The van der Waals surface area contributed by atoms with Gasteiger partial charge in [-0.1, -0.05) is 12.1 Å². The number of hydrogen-bond acceptors (Lipinski definition) is 4. The van der Waals surface area contributed by atoms with Crippen molar-refractivity contribution in [2.75, 3.05) is 13.7 Å². The minimum absolute atomic E-state index is 0.587. The Morgan fingerprint density at radius 3 is 2.50 bits per heavy atom. The monoisotopic (exact) mass is 225 g/mol. The largest absolute Gasteiger partial charge is 0.492 e. The summed E-state index contributed by atoms with van der Waals surface area (Å²) in [6.07, 6.45) is 0. The SMILES string of the molecule is CCOc1cccc(C(C)(C)ON)c1OC. The maximum Gasteiger partial charge on any atom is 0.166 e. The van der Waals surface area contributed by atoms with E-state index in [0.717, 1.165) is 5.56 Å². The summed E-state index contributed by atoms with van der Waals surface area (Å²) in [5, 5.41) is 0. The first-order valence-corrected chi connectivity index (χ1v) is 5.25. The van der Waals surface area contributed by atoms with E-state index in [0.29, 0.717) is 18.1 Å². The molecule has 1 rings (SSSR count). The standard InChI is InChI=1S/C12H19NO3/c1-5-15-10-8-6-7-9(11(10)14-4)12(2,3)16-13/h6-8H,5,13H2,1-4H3. The number of nitrogens with two attached hydrogens (primary N) is 1. The van der Waals surface area contributed by atoms with Crippen molar-refractivity contribution in [3.8, 4) is 11.5 Å². The van der Waals surface area contributed by atoms with Gasteiger partial charge in [0.05, 0.1) is 13.7 Å². The molecule has 0 amide bonds. The van der Waals surface area contributed by atoms with E-state index in [9.17, 15) is 0 Å². The van der Waals surface area contributed by atoms with Crippen molar-refractivity contribution in [1.82, 2.24) is 0 Å². The lowest BCUT2D eigenvalue weighted by molar-refractivity contribution is -0.0253. The van der Waals surface area contributed by atoms with Crippen molar-refractivity contribution in [3.05, 3.63) is 23.8 Å². The molecule has 0 atom stereocenters. The molecule has 0 aromatic heterocycles. The van der Waals surface area contributed by atoms with E-state index in [1.54, 1.807) is 7.11 Å². The van der Waals surface area contributed by atoms with Crippen molar-refractivity contribution in [3.63, 3.8) is 0 Å². The maximum atomic E-state index is 5.49. The first-order chi connectivity index (χ1) is 7.56. The van der Waals surface area contributed by atoms with Crippen molar-refractivity contribution in [2.45, 2.75) is 26.4 Å². The van der Waals surface area contributed by atoms with E-state index in [2.05, 4.69) is 0 Å². The molecular weight excluding hydrogens is 206 g/mol. The minimum atomic E-state index is -0.613. The van der Waals surface area contributed by atoms with Crippen LogP contribution in [0.5, 0.6) is 11.5 Å². The number of ether oxygens (including phenoxy) is 2. The molecule has 0 fully saturated rings. The Morgan fingerprint density at radius 1 is 1.31 bits per heavy atom. The summed E-state index contributed by atoms with van der Waals surface area (Å²) in [5.74, 6) is 6.66. The molecule has 0 aliphatic carbocycles. The molecule has 4 nitrogen and oxygen atoms in total. The Labute approximate surface area is 96.3 Å². The van der Waals surface area contributed by atoms with E-state index in [4.69, 9.17) is 20.2 Å². The van der Waals surface area contributed by atoms with E-state index in [-0.39, 0.29) is 0 Å². The molecule has 0 aliphatic heterocycles. The van der Waals surface area contributed by atoms with Crippen molar-refractivity contribution in [2.24, 2.45) is 5.90 Å². The highest BCUT2D eigenvalue weighted by Gasteiger charge is 2.26. The average molecular weight is 225 g/mol. The van der Waals surface area contributed by atoms with E-state index in [1.807, 2.05) is 39.0 Å². The van der Waals surface area contributed by atoms with Gasteiger partial charge in [0.15, 0.2) is 11.5 Å². The smallest absolute Gasteiger partial charge is 0.166 e. The van der Waals surface area contributed by atoms with Crippen LogP contribution in [0, 0.1) is 0 Å². The van der Waals surface area contributed by atoms with Gasteiger partial charge in [0.25, 0.3) is 0 Å². The zero-order chi connectivity index (χ0) is 12.2. The van der Waals surface area contributed by atoms with Gasteiger partial charge in [-0.2, -0.15) is 0 Å². The molecule has 4 heteroatoms. The summed E-state index contributed by atoms with van der Waals surface area (Å²) in [7, 11) is 1.61. The molecule has 0 radical (unpaired) electrons. The molecule has 0 saturated heterocycles. The zero-order valence-electron chi connectivity index (χ0n) is 10.2. The van der Waals surface area contributed by atoms with E-state index >= 15 is 0 Å². The lowest BCUT2D eigenvalue weighted by atomic mass is 9.97. The van der Waals surface area contributed by atoms with Crippen LogP contribution in [0.2, 0.25) is 0 Å². The molecular formula is C12H19NO3. The molecule has 0 aliphatic rings. The second-order valence-corrected chi connectivity index (χ2v) is 3.90. The second-order valence-electron chi connectivity index (χ2n) is 3.90. The fourth-order valence-corrected chi connectivity index (χ4v) is 1.53. The third-order valence-corrected chi connectivity index (χ3v) is 2.43. The maximum absolute atomic E-state index is 5.49. The number of methoxy groups -OCH3 is 1. The van der Waals surface area contributed by atoms with Crippen LogP contribution in [0.4, 0.5) is 0 Å². The van der Waals surface area contributed by atoms with Gasteiger partial charge >= 0.3 is 0 Å². The third-order valence-electron chi connectivity index (χ3n) is 2.43. The van der Waals surface area contributed by atoms with Crippen LogP contribution in [-0.4, -0.2) is 13.7 Å². The molecule has 2 N–H and O–H groups in total. The minimum Gasteiger partial charge on any atom is -0.492 e. The Hall–Kier alpha value is -1.26. The summed E-state index contributed by atoms with van der Waals surface area (Å²) < 4.78 is 10.8. The highest BCUT2D eigenvalue weighted by molar-refractivity contribution is 5.49. The van der Waals surface area contributed by atoms with Crippen LogP contribution in [0.1, 0.15) is 26.3 Å². The first-order valence-electron chi connectivity index (χ1n) is 5.25. The van der Waals surface area contributed by atoms with Crippen LogP contribution in [0.3, 0.4) is 0 Å². The number of para-hydroxylation sites is 1. The highest BCUT2D eigenvalue weighted by Crippen LogP contribution is 2.38. The fraction of sp³-hybridized carbons (Fsp3) is 0.500. The topological polar surface area (TPSA) is 53.7 Å². The number of hydrogen-bond donors (Lipinski definition) is 1. The van der Waals surface area contributed by atoms with E-state index in [1.165, 1.54) is 0 Å². The van der Waals surface area contributed by atoms with Gasteiger partial charge in [-0.05, 0) is 26.8 Å². The molecule has 1 aromatic carbocycles. The highest BCUT2D eigenvalue weighted by atomic mass is 16.6. The summed E-state index contributed by atoms with van der Waals surface area (Å²) in [4.78, 5) is 4.96. The average Bonchev–Trinajstić information content (AvgIpc) is 2.29. The summed E-state index contributed by atoms with van der Waals surface area (Å²) in [6, 6.07) is 5.66. The number of benzene rings is 1. The molecule has 0 spiro atoms. The second kappa shape index (κ2) is 5.18. The molecule has 0 unspecified atom stereocenters. The van der Waals surface area contributed by atoms with Crippen molar-refractivity contribution in [1.29, 1.82) is 0 Å². The Bertz CT molecular complexity index is 350. The Kier molecular flexibility index (Phi) is 4.15. The Balaban J connectivity index is 3.23. The van der Waals surface area contributed by atoms with Gasteiger partial charge in [0.2, 0.25) is 0 Å². The molecule has 0 saturated carbocycles. The summed E-state index contributed by atoms with van der Waals surface area (Å²) in [5.41, 5.74) is 0.252. The quantitative estimate of drug-likeness (QED) is 0.781. The van der Waals surface area contributed by atoms with Crippen molar-refractivity contribution >= 4 is 0 Å². The molecule has 90 valence electrons. The first kappa shape index (κ1) is 12.8. The van der Waals surface area contributed by atoms with Crippen LogP contribution in [0.25, 0.3) is 0 Å². The van der Waals surface area contributed by atoms with Crippen molar-refractivity contribution < 1.29 is 14.3 Å². The van der Waals surface area contributed by atoms with Gasteiger partial charge < -0.3 is 9.47 Å². The molecule has 1 aromatic rings. The van der Waals surface area contributed by atoms with Gasteiger partial charge in [-0.25, -0.2) is 5.90 Å². The summed E-state index contributed by atoms with van der Waals surface area (Å²) >= 11 is 0. The van der Waals surface area contributed by atoms with Gasteiger partial charge in [0.1, 0.15) is 5.60 Å². The van der Waals surface area contributed by atoms with Crippen LogP contribution >= 0.6 is 0 Å². The van der Waals surface area contributed by atoms with Gasteiger partial charge in [0, 0.05) is 5.56 Å². The van der Waals surface area contributed by atoms with Crippen LogP contribution in [-0.2, 0) is 10.4 Å². The number of rotatable bonds is 5. The lowest BCUT2D eigenvalue weighted by Crippen LogP contribution is -2.26. The lowest BCUT2D eigenvalue weighted by Gasteiger charge is -2.25. The normalized spacial score (nSPS) is 11.3. The van der Waals surface area contributed by atoms with Gasteiger partial charge in [-0.15, -0.1) is 0 Å². The molecule has 16 heavy (non-hydrogen) atoms. The summed E-state index contributed by atoms with van der Waals surface area (Å²) in [6.45, 7) is 6.27. The van der Waals surface area contributed by atoms with Crippen LogP contribution in [0.15, 0.2) is 18.2 Å². The van der Waals surface area contributed by atoms with Gasteiger partial charge in [-0.3, -0.25) is 4.84 Å². The predicted molar refractivity (Wildman–Crippen MR) is 62.5 cm³/mol. The molecule has 0 heterocycles. The molecule has 0 bridgehead atoms.